The number of rotatable bonds is 3. The second kappa shape index (κ2) is 5.39. The van der Waals surface area contributed by atoms with Crippen LogP contribution in [0.1, 0.15) is 38.4 Å². The molecular formula is C16H19NO4. The molecular weight excluding hydrogens is 270 g/mol. The van der Waals surface area contributed by atoms with Crippen LogP contribution in [0.15, 0.2) is 34.1 Å². The monoisotopic (exact) mass is 289 g/mol. The van der Waals surface area contributed by atoms with E-state index in [1.807, 2.05) is 19.1 Å². The van der Waals surface area contributed by atoms with Crippen molar-refractivity contribution in [2.45, 2.75) is 38.6 Å². The predicted octanol–water partition coefficient (Wildman–Crippen LogP) is 2.15. The van der Waals surface area contributed by atoms with Crippen molar-refractivity contribution in [3.05, 3.63) is 35.4 Å². The summed E-state index contributed by atoms with van der Waals surface area (Å²) in [5, 5.41) is 3.19. The van der Waals surface area contributed by atoms with Crippen molar-refractivity contribution in [3.63, 3.8) is 0 Å². The quantitative estimate of drug-likeness (QED) is 0.864. The summed E-state index contributed by atoms with van der Waals surface area (Å²) in [5.74, 6) is 0.501. The minimum absolute atomic E-state index is 0.0410. The predicted molar refractivity (Wildman–Crippen MR) is 75.4 cm³/mol. The molecule has 1 aliphatic carbocycles. The van der Waals surface area contributed by atoms with Gasteiger partial charge in [-0.3, -0.25) is 4.79 Å². The largest absolute Gasteiger partial charge is 0.469 e. The van der Waals surface area contributed by atoms with Crippen molar-refractivity contribution in [2.24, 2.45) is 5.92 Å². The molecule has 5 nitrogen and oxygen atoms in total. The second-order valence-electron chi connectivity index (χ2n) is 5.63. The maximum absolute atomic E-state index is 12.4. The van der Waals surface area contributed by atoms with Crippen LogP contribution in [0.5, 0.6) is 0 Å². The minimum atomic E-state index is -0.369. The Morgan fingerprint density at radius 1 is 1.52 bits per heavy atom. The van der Waals surface area contributed by atoms with Gasteiger partial charge < -0.3 is 14.5 Å². The Balaban J connectivity index is 1.80. The van der Waals surface area contributed by atoms with Crippen molar-refractivity contribution < 1.29 is 18.7 Å². The summed E-state index contributed by atoms with van der Waals surface area (Å²) in [6.07, 6.45) is 2.87. The number of carbonyl (C=O) groups is 2. The van der Waals surface area contributed by atoms with Gasteiger partial charge in [-0.25, -0.2) is 4.79 Å². The zero-order valence-corrected chi connectivity index (χ0v) is 12.2. The Bertz CT molecular complexity index is 587. The zero-order valence-electron chi connectivity index (χ0n) is 12.2. The third-order valence-electron chi connectivity index (χ3n) is 4.35. The third-order valence-corrected chi connectivity index (χ3v) is 4.35. The van der Waals surface area contributed by atoms with Gasteiger partial charge in [0.05, 0.1) is 18.8 Å². The molecule has 0 radical (unpaired) electrons. The fourth-order valence-corrected chi connectivity index (χ4v) is 3.42. The molecule has 1 N–H and O–H groups in total. The topological polar surface area (TPSA) is 68.5 Å². The van der Waals surface area contributed by atoms with Gasteiger partial charge in [0.15, 0.2) is 0 Å². The highest BCUT2D eigenvalue weighted by Gasteiger charge is 2.45. The van der Waals surface area contributed by atoms with E-state index in [0.29, 0.717) is 18.7 Å². The van der Waals surface area contributed by atoms with Crippen LogP contribution >= 0.6 is 0 Å². The minimum Gasteiger partial charge on any atom is -0.469 e. The molecule has 0 saturated heterocycles. The zero-order chi connectivity index (χ0) is 15.0. The molecule has 5 heteroatoms. The summed E-state index contributed by atoms with van der Waals surface area (Å²) >= 11 is 0. The van der Waals surface area contributed by atoms with Crippen molar-refractivity contribution in [3.8, 4) is 0 Å². The number of furan rings is 1. The number of ether oxygens (including phenoxy) is 1. The first-order valence-electron chi connectivity index (χ1n) is 7.32. The maximum Gasteiger partial charge on any atom is 0.354 e. The number of nitrogens with one attached hydrogen (secondary N) is 1. The summed E-state index contributed by atoms with van der Waals surface area (Å²) in [6, 6.07) is 3.70. The van der Waals surface area contributed by atoms with Gasteiger partial charge in [-0.2, -0.15) is 0 Å². The fraction of sp³-hybridized carbons (Fsp3) is 0.500. The molecule has 0 amide bonds. The van der Waals surface area contributed by atoms with E-state index in [4.69, 9.17) is 9.15 Å². The van der Waals surface area contributed by atoms with Crippen LogP contribution in [-0.4, -0.2) is 24.4 Å². The molecule has 1 aromatic rings. The van der Waals surface area contributed by atoms with Gasteiger partial charge in [0, 0.05) is 18.4 Å². The lowest BCUT2D eigenvalue weighted by Crippen LogP contribution is -2.40. The van der Waals surface area contributed by atoms with Crippen LogP contribution < -0.4 is 5.32 Å². The SMILES string of the molecule is CCOC(=O)C1=C(C)C2C(=O)CC(c3ccco3)CC2N1. The molecule has 21 heavy (non-hydrogen) atoms. The average Bonchev–Trinajstić information content (AvgIpc) is 3.07. The number of hydrogen-bond acceptors (Lipinski definition) is 5. The summed E-state index contributed by atoms with van der Waals surface area (Å²) in [4.78, 5) is 24.4. The van der Waals surface area contributed by atoms with E-state index >= 15 is 0 Å². The standard InChI is InChI=1S/C16H19NO4/c1-3-20-16(19)15-9(2)14-11(17-15)7-10(8-12(14)18)13-5-4-6-21-13/h4-6,10-11,14,17H,3,7-8H2,1-2H3. The van der Waals surface area contributed by atoms with E-state index < -0.39 is 0 Å². The molecule has 1 saturated carbocycles. The molecule has 3 unspecified atom stereocenters. The lowest BCUT2D eigenvalue weighted by atomic mass is 9.75. The van der Waals surface area contributed by atoms with E-state index in [-0.39, 0.29) is 29.6 Å². The Labute approximate surface area is 123 Å². The van der Waals surface area contributed by atoms with E-state index in [9.17, 15) is 9.59 Å². The highest BCUT2D eigenvalue weighted by molar-refractivity contribution is 5.94. The normalized spacial score (nSPS) is 28.3. The number of Topliss-reactive ketones (excluding diaryl/α,β-unsaturated/α-hetero) is 1. The average molecular weight is 289 g/mol. The van der Waals surface area contributed by atoms with E-state index in [2.05, 4.69) is 5.32 Å². The van der Waals surface area contributed by atoms with Gasteiger partial charge >= 0.3 is 5.97 Å². The number of esters is 1. The first kappa shape index (κ1) is 13.9. The third kappa shape index (κ3) is 2.37. The Hall–Kier alpha value is -2.04. The van der Waals surface area contributed by atoms with Gasteiger partial charge in [-0.1, -0.05) is 0 Å². The van der Waals surface area contributed by atoms with E-state index in [0.717, 1.165) is 17.8 Å². The van der Waals surface area contributed by atoms with Crippen molar-refractivity contribution in [1.82, 2.24) is 5.32 Å². The van der Waals surface area contributed by atoms with E-state index in [1.54, 1.807) is 13.2 Å². The Morgan fingerprint density at radius 2 is 2.33 bits per heavy atom. The van der Waals surface area contributed by atoms with Crippen LogP contribution in [0.4, 0.5) is 0 Å². The molecule has 3 atom stereocenters. The molecule has 1 aromatic heterocycles. The molecule has 1 fully saturated rings. The molecule has 0 bridgehead atoms. The second-order valence-corrected chi connectivity index (χ2v) is 5.63. The number of ketones is 1. The lowest BCUT2D eigenvalue weighted by Gasteiger charge is -2.30. The Morgan fingerprint density at radius 3 is 3.00 bits per heavy atom. The first-order valence-corrected chi connectivity index (χ1v) is 7.32. The molecule has 3 rings (SSSR count). The molecule has 1 aliphatic heterocycles. The number of carbonyl (C=O) groups excluding carboxylic acids is 2. The number of hydrogen-bond donors (Lipinski definition) is 1. The molecule has 2 heterocycles. The molecule has 2 aliphatic rings. The summed E-state index contributed by atoms with van der Waals surface area (Å²) < 4.78 is 10.5. The van der Waals surface area contributed by atoms with Gasteiger partial charge in [-0.05, 0) is 38.0 Å². The van der Waals surface area contributed by atoms with Crippen LogP contribution in [0.3, 0.4) is 0 Å². The van der Waals surface area contributed by atoms with Crippen LogP contribution in [0, 0.1) is 5.92 Å². The molecule has 112 valence electrons. The Kier molecular flexibility index (Phi) is 3.57. The summed E-state index contributed by atoms with van der Waals surface area (Å²) in [5.41, 5.74) is 1.27. The number of fused-ring (bicyclic) bond motifs is 1. The van der Waals surface area contributed by atoms with E-state index in [1.165, 1.54) is 0 Å². The fourth-order valence-electron chi connectivity index (χ4n) is 3.42. The van der Waals surface area contributed by atoms with Gasteiger partial charge in [-0.15, -0.1) is 0 Å². The van der Waals surface area contributed by atoms with Gasteiger partial charge in [0.2, 0.25) is 0 Å². The summed E-state index contributed by atoms with van der Waals surface area (Å²) in [7, 11) is 0. The van der Waals surface area contributed by atoms with Crippen molar-refractivity contribution >= 4 is 11.8 Å². The maximum atomic E-state index is 12.4. The van der Waals surface area contributed by atoms with Crippen LogP contribution in [-0.2, 0) is 14.3 Å². The smallest absolute Gasteiger partial charge is 0.354 e. The van der Waals surface area contributed by atoms with Crippen LogP contribution in [0.25, 0.3) is 0 Å². The highest BCUT2D eigenvalue weighted by Crippen LogP contribution is 2.40. The lowest BCUT2D eigenvalue weighted by molar-refractivity contribution is -0.139. The highest BCUT2D eigenvalue weighted by atomic mass is 16.5. The van der Waals surface area contributed by atoms with Crippen molar-refractivity contribution in [1.29, 1.82) is 0 Å². The van der Waals surface area contributed by atoms with Crippen LogP contribution in [0.2, 0.25) is 0 Å². The first-order chi connectivity index (χ1) is 10.1. The van der Waals surface area contributed by atoms with Crippen molar-refractivity contribution in [2.75, 3.05) is 6.61 Å². The summed E-state index contributed by atoms with van der Waals surface area (Å²) in [6.45, 7) is 3.94. The van der Waals surface area contributed by atoms with Gasteiger partial charge in [0.1, 0.15) is 17.2 Å². The molecule has 0 aromatic carbocycles. The molecule has 0 spiro atoms. The van der Waals surface area contributed by atoms with Gasteiger partial charge in [0.25, 0.3) is 0 Å².